The van der Waals surface area contributed by atoms with Crippen LogP contribution in [0, 0.1) is 0 Å². The maximum Gasteiger partial charge on any atom is -0.00838 e. The first-order valence-corrected chi connectivity index (χ1v) is 6.13. The Morgan fingerprint density at radius 1 is 0.750 bits per heavy atom. The van der Waals surface area contributed by atoms with Gasteiger partial charge in [0, 0.05) is 0 Å². The van der Waals surface area contributed by atoms with Gasteiger partial charge in [-0.15, -0.1) is 0 Å². The van der Waals surface area contributed by atoms with E-state index in [1.54, 1.807) is 11.1 Å². The molecule has 2 aliphatic carbocycles. The van der Waals surface area contributed by atoms with Crippen molar-refractivity contribution >= 4 is 0 Å². The summed E-state index contributed by atoms with van der Waals surface area (Å²) in [5, 5.41) is 0. The fourth-order valence-electron chi connectivity index (χ4n) is 3.31. The molecule has 1 fully saturated rings. The Morgan fingerprint density at radius 3 is 2.31 bits per heavy atom. The SMILES string of the molecule is c1ccc(-c2cccc3c2C2CCC32)cc1. The van der Waals surface area contributed by atoms with Crippen LogP contribution >= 0.6 is 0 Å². The second-order valence-electron chi connectivity index (χ2n) is 4.96. The number of fused-ring (bicyclic) bond motifs is 4. The lowest BCUT2D eigenvalue weighted by molar-refractivity contribution is 0.295. The van der Waals surface area contributed by atoms with Gasteiger partial charge in [0.2, 0.25) is 0 Å². The zero-order valence-electron chi connectivity index (χ0n) is 9.19. The topological polar surface area (TPSA) is 0 Å². The normalized spacial score (nSPS) is 25.0. The van der Waals surface area contributed by atoms with Gasteiger partial charge >= 0.3 is 0 Å². The van der Waals surface area contributed by atoms with Gasteiger partial charge < -0.3 is 0 Å². The van der Waals surface area contributed by atoms with Crippen molar-refractivity contribution in [3.63, 3.8) is 0 Å². The minimum atomic E-state index is 0.881. The number of rotatable bonds is 1. The lowest BCUT2D eigenvalue weighted by Crippen LogP contribution is -2.33. The lowest BCUT2D eigenvalue weighted by atomic mass is 9.54. The second kappa shape index (κ2) is 2.98. The van der Waals surface area contributed by atoms with E-state index in [0.29, 0.717) is 0 Å². The molecule has 2 aliphatic rings. The highest BCUT2D eigenvalue weighted by Gasteiger charge is 2.45. The Morgan fingerprint density at radius 2 is 1.56 bits per heavy atom. The molecule has 0 heteroatoms. The molecule has 0 amide bonds. The largest absolute Gasteiger partial charge is 0.0622 e. The van der Waals surface area contributed by atoms with E-state index < -0.39 is 0 Å². The Hall–Kier alpha value is -1.56. The van der Waals surface area contributed by atoms with E-state index in [0.717, 1.165) is 11.8 Å². The van der Waals surface area contributed by atoms with Gasteiger partial charge in [-0.3, -0.25) is 0 Å². The lowest BCUT2D eigenvalue weighted by Gasteiger charge is -2.49. The molecule has 0 radical (unpaired) electrons. The Balaban J connectivity index is 1.91. The molecule has 2 aromatic carbocycles. The van der Waals surface area contributed by atoms with Crippen molar-refractivity contribution in [2.75, 3.05) is 0 Å². The van der Waals surface area contributed by atoms with Crippen molar-refractivity contribution in [2.24, 2.45) is 0 Å². The van der Waals surface area contributed by atoms with Crippen LogP contribution in [0.1, 0.15) is 35.8 Å². The van der Waals surface area contributed by atoms with E-state index in [1.165, 1.54) is 24.0 Å². The van der Waals surface area contributed by atoms with Gasteiger partial charge in [-0.05, 0) is 46.9 Å². The van der Waals surface area contributed by atoms with E-state index >= 15 is 0 Å². The van der Waals surface area contributed by atoms with Crippen LogP contribution in [0.5, 0.6) is 0 Å². The van der Waals surface area contributed by atoms with E-state index in [-0.39, 0.29) is 0 Å². The maximum absolute atomic E-state index is 2.32. The van der Waals surface area contributed by atoms with Crippen molar-refractivity contribution in [2.45, 2.75) is 24.7 Å². The molecule has 0 heterocycles. The monoisotopic (exact) mass is 206 g/mol. The molecule has 4 rings (SSSR count). The minimum Gasteiger partial charge on any atom is -0.0622 e. The van der Waals surface area contributed by atoms with Crippen LogP contribution in [-0.2, 0) is 0 Å². The van der Waals surface area contributed by atoms with Crippen LogP contribution in [0.25, 0.3) is 11.1 Å². The first-order chi connectivity index (χ1) is 7.95. The summed E-state index contributed by atoms with van der Waals surface area (Å²) in [7, 11) is 0. The predicted octanol–water partition coefficient (Wildman–Crippen LogP) is 4.33. The number of benzene rings is 2. The molecule has 16 heavy (non-hydrogen) atoms. The first-order valence-electron chi connectivity index (χ1n) is 6.13. The summed E-state index contributed by atoms with van der Waals surface area (Å²) in [5.41, 5.74) is 6.12. The molecule has 0 bridgehead atoms. The quantitative estimate of drug-likeness (QED) is 0.651. The predicted molar refractivity (Wildman–Crippen MR) is 66.6 cm³/mol. The van der Waals surface area contributed by atoms with Crippen LogP contribution < -0.4 is 0 Å². The molecule has 0 aliphatic heterocycles. The number of hydrogen-bond acceptors (Lipinski definition) is 0. The third-order valence-electron chi connectivity index (χ3n) is 4.27. The van der Waals surface area contributed by atoms with Crippen molar-refractivity contribution in [1.82, 2.24) is 0 Å². The summed E-state index contributed by atoms with van der Waals surface area (Å²) in [4.78, 5) is 0. The zero-order chi connectivity index (χ0) is 10.5. The molecule has 0 spiro atoms. The molecule has 2 aromatic rings. The highest BCUT2D eigenvalue weighted by Crippen LogP contribution is 2.61. The van der Waals surface area contributed by atoms with Crippen LogP contribution in [0.3, 0.4) is 0 Å². The van der Waals surface area contributed by atoms with Gasteiger partial charge in [0.05, 0.1) is 0 Å². The summed E-state index contributed by atoms with van der Waals surface area (Å²) < 4.78 is 0. The van der Waals surface area contributed by atoms with E-state index in [9.17, 15) is 0 Å². The van der Waals surface area contributed by atoms with E-state index in [2.05, 4.69) is 48.5 Å². The third-order valence-corrected chi connectivity index (χ3v) is 4.27. The summed E-state index contributed by atoms with van der Waals surface area (Å²) >= 11 is 0. The Kier molecular flexibility index (Phi) is 1.59. The fraction of sp³-hybridized carbons (Fsp3) is 0.250. The van der Waals surface area contributed by atoms with Gasteiger partial charge in [0.1, 0.15) is 0 Å². The van der Waals surface area contributed by atoms with Crippen molar-refractivity contribution in [1.29, 1.82) is 0 Å². The third kappa shape index (κ3) is 0.948. The Bertz CT molecular complexity index is 539. The first kappa shape index (κ1) is 8.58. The molecular weight excluding hydrogens is 192 g/mol. The summed E-state index contributed by atoms with van der Waals surface area (Å²) in [6.45, 7) is 0. The van der Waals surface area contributed by atoms with Crippen LogP contribution in [0.15, 0.2) is 48.5 Å². The molecule has 78 valence electrons. The van der Waals surface area contributed by atoms with Gasteiger partial charge in [-0.1, -0.05) is 48.5 Å². The van der Waals surface area contributed by atoms with Gasteiger partial charge in [0.25, 0.3) is 0 Å². The Labute approximate surface area is 95.9 Å². The summed E-state index contributed by atoms with van der Waals surface area (Å²) in [5.74, 6) is 1.78. The molecular formula is C16H14. The fourth-order valence-corrected chi connectivity index (χ4v) is 3.31. The molecule has 1 saturated carbocycles. The highest BCUT2D eigenvalue weighted by atomic mass is 14.5. The molecule has 0 nitrogen and oxygen atoms in total. The van der Waals surface area contributed by atoms with Gasteiger partial charge in [0.15, 0.2) is 0 Å². The molecule has 0 N–H and O–H groups in total. The second-order valence-corrected chi connectivity index (χ2v) is 4.96. The van der Waals surface area contributed by atoms with Crippen molar-refractivity contribution < 1.29 is 0 Å². The summed E-state index contributed by atoms with van der Waals surface area (Å²) in [6.07, 6.45) is 2.82. The summed E-state index contributed by atoms with van der Waals surface area (Å²) in [6, 6.07) is 17.6. The molecule has 2 atom stereocenters. The van der Waals surface area contributed by atoms with E-state index in [4.69, 9.17) is 0 Å². The molecule has 2 unspecified atom stereocenters. The molecule has 0 saturated heterocycles. The van der Waals surface area contributed by atoms with Gasteiger partial charge in [-0.25, -0.2) is 0 Å². The smallest absolute Gasteiger partial charge is 0.00838 e. The van der Waals surface area contributed by atoms with Gasteiger partial charge in [-0.2, -0.15) is 0 Å². The van der Waals surface area contributed by atoms with E-state index in [1.807, 2.05) is 0 Å². The van der Waals surface area contributed by atoms with Crippen LogP contribution in [0.2, 0.25) is 0 Å². The number of hydrogen-bond donors (Lipinski definition) is 0. The zero-order valence-corrected chi connectivity index (χ0v) is 9.19. The molecule has 0 aromatic heterocycles. The van der Waals surface area contributed by atoms with Crippen LogP contribution in [-0.4, -0.2) is 0 Å². The maximum atomic E-state index is 2.32. The standard InChI is InChI=1S/C16H14/c1-2-5-11(6-3-1)12-7-4-8-14-13-9-10-15(13)16(12)14/h1-8,13,15H,9-10H2. The average Bonchev–Trinajstić information content (AvgIpc) is 2.31. The van der Waals surface area contributed by atoms with Crippen LogP contribution in [0.4, 0.5) is 0 Å². The average molecular weight is 206 g/mol. The minimum absolute atomic E-state index is 0.881. The highest BCUT2D eigenvalue weighted by molar-refractivity contribution is 5.73. The van der Waals surface area contributed by atoms with Crippen molar-refractivity contribution in [3.8, 4) is 11.1 Å². The van der Waals surface area contributed by atoms with Crippen molar-refractivity contribution in [3.05, 3.63) is 59.7 Å².